The van der Waals surface area contributed by atoms with Gasteiger partial charge < -0.3 is 17.2 Å². The molecule has 1 heterocycles. The van der Waals surface area contributed by atoms with E-state index in [0.717, 1.165) is 29.1 Å². The molecule has 0 fully saturated rings. The molecule has 2 aromatic rings. The number of anilines is 2. The zero-order valence-electron chi connectivity index (χ0n) is 15.9. The maximum atomic E-state index is 6.12. The number of thioether (sulfide) groups is 1. The van der Waals surface area contributed by atoms with Crippen LogP contribution in [0.1, 0.15) is 25.3 Å². The smallest absolute Gasteiger partial charge is 0.131 e. The number of para-hydroxylation sites is 1. The minimum atomic E-state index is 0.429. The standard InChI is InChI=1S/C22H25N5S/c1-2-16(27-22(25)15-11-12-18(23)19(24)13-15)7-3-4-8-17-14-28-21-10-6-5-9-20(21)26-17/h2-6,9-13H,7-8,14,23-24H2,1H3,(H2,25,27)/b4-3-,16-2+. The third-order valence-corrected chi connectivity index (χ3v) is 5.50. The highest BCUT2D eigenvalue weighted by molar-refractivity contribution is 8.00. The predicted octanol–water partition coefficient (Wildman–Crippen LogP) is 4.67. The number of nitrogens with two attached hydrogens (primary N) is 3. The molecular weight excluding hydrogens is 366 g/mol. The molecule has 3 rings (SSSR count). The number of amidine groups is 1. The zero-order chi connectivity index (χ0) is 19.9. The number of allylic oxidation sites excluding steroid dienone is 3. The molecule has 0 saturated carbocycles. The Hall–Kier alpha value is -2.99. The summed E-state index contributed by atoms with van der Waals surface area (Å²) in [5.74, 6) is 1.36. The first kappa shape index (κ1) is 19.8. The van der Waals surface area contributed by atoms with E-state index in [9.17, 15) is 0 Å². The van der Waals surface area contributed by atoms with Crippen molar-refractivity contribution in [3.05, 3.63) is 72.0 Å². The molecule has 6 N–H and O–H groups in total. The van der Waals surface area contributed by atoms with Gasteiger partial charge in [0, 0.05) is 40.5 Å². The zero-order valence-corrected chi connectivity index (χ0v) is 16.7. The van der Waals surface area contributed by atoms with E-state index in [4.69, 9.17) is 22.2 Å². The molecule has 0 spiro atoms. The van der Waals surface area contributed by atoms with Gasteiger partial charge in [-0.2, -0.15) is 0 Å². The van der Waals surface area contributed by atoms with E-state index in [1.807, 2.05) is 36.9 Å². The molecule has 0 bridgehead atoms. The minimum absolute atomic E-state index is 0.429. The van der Waals surface area contributed by atoms with Crippen molar-refractivity contribution in [2.24, 2.45) is 15.7 Å². The Labute approximate surface area is 170 Å². The van der Waals surface area contributed by atoms with Crippen molar-refractivity contribution in [3.63, 3.8) is 0 Å². The molecule has 144 valence electrons. The van der Waals surface area contributed by atoms with Gasteiger partial charge in [0.2, 0.25) is 0 Å². The topological polar surface area (TPSA) is 103 Å². The fourth-order valence-corrected chi connectivity index (χ4v) is 3.69. The van der Waals surface area contributed by atoms with E-state index < -0.39 is 0 Å². The lowest BCUT2D eigenvalue weighted by atomic mass is 10.1. The van der Waals surface area contributed by atoms with Crippen molar-refractivity contribution in [1.82, 2.24) is 0 Å². The van der Waals surface area contributed by atoms with Gasteiger partial charge >= 0.3 is 0 Å². The Bertz CT molecular complexity index is 973. The Morgan fingerprint density at radius 1 is 1.14 bits per heavy atom. The van der Waals surface area contributed by atoms with Crippen molar-refractivity contribution < 1.29 is 0 Å². The number of nitrogen functional groups attached to an aromatic ring is 2. The highest BCUT2D eigenvalue weighted by atomic mass is 32.2. The van der Waals surface area contributed by atoms with Gasteiger partial charge in [-0.15, -0.1) is 11.8 Å². The highest BCUT2D eigenvalue weighted by Gasteiger charge is 2.10. The largest absolute Gasteiger partial charge is 0.397 e. The molecule has 5 nitrogen and oxygen atoms in total. The summed E-state index contributed by atoms with van der Waals surface area (Å²) in [5.41, 5.74) is 22.7. The van der Waals surface area contributed by atoms with Crippen LogP contribution in [0.3, 0.4) is 0 Å². The molecule has 0 amide bonds. The van der Waals surface area contributed by atoms with Crippen LogP contribution in [0.5, 0.6) is 0 Å². The van der Waals surface area contributed by atoms with E-state index >= 15 is 0 Å². The van der Waals surface area contributed by atoms with Crippen LogP contribution in [0.2, 0.25) is 0 Å². The molecule has 2 aromatic carbocycles. The van der Waals surface area contributed by atoms with Crippen LogP contribution >= 0.6 is 11.8 Å². The average Bonchev–Trinajstić information content (AvgIpc) is 2.72. The van der Waals surface area contributed by atoms with Gasteiger partial charge in [0.1, 0.15) is 5.84 Å². The van der Waals surface area contributed by atoms with Gasteiger partial charge in [-0.25, -0.2) is 4.99 Å². The number of rotatable bonds is 6. The van der Waals surface area contributed by atoms with Crippen LogP contribution in [0.4, 0.5) is 17.1 Å². The summed E-state index contributed by atoms with van der Waals surface area (Å²) in [4.78, 5) is 10.5. The van der Waals surface area contributed by atoms with Crippen LogP contribution in [0.25, 0.3) is 0 Å². The molecule has 28 heavy (non-hydrogen) atoms. The van der Waals surface area contributed by atoms with Gasteiger partial charge in [0.25, 0.3) is 0 Å². The Morgan fingerprint density at radius 2 is 1.96 bits per heavy atom. The van der Waals surface area contributed by atoms with Gasteiger partial charge in [0.15, 0.2) is 0 Å². The van der Waals surface area contributed by atoms with Crippen molar-refractivity contribution in [1.29, 1.82) is 0 Å². The lowest BCUT2D eigenvalue weighted by molar-refractivity contribution is 1.14. The predicted molar refractivity (Wildman–Crippen MR) is 122 cm³/mol. The molecule has 6 heteroatoms. The van der Waals surface area contributed by atoms with E-state index in [-0.39, 0.29) is 0 Å². The first-order chi connectivity index (χ1) is 13.6. The molecule has 0 saturated heterocycles. The summed E-state index contributed by atoms with van der Waals surface area (Å²) >= 11 is 1.84. The quantitative estimate of drug-likeness (QED) is 0.288. The fourth-order valence-electron chi connectivity index (χ4n) is 2.74. The molecule has 0 aliphatic carbocycles. The van der Waals surface area contributed by atoms with E-state index in [1.54, 1.807) is 12.1 Å². The lowest BCUT2D eigenvalue weighted by Crippen LogP contribution is -2.14. The summed E-state index contributed by atoms with van der Waals surface area (Å²) in [7, 11) is 0. The van der Waals surface area contributed by atoms with Crippen molar-refractivity contribution in [3.8, 4) is 0 Å². The summed E-state index contributed by atoms with van der Waals surface area (Å²) < 4.78 is 0. The van der Waals surface area contributed by atoms with Crippen molar-refractivity contribution >= 4 is 40.4 Å². The second-order valence-corrected chi connectivity index (χ2v) is 7.45. The summed E-state index contributed by atoms with van der Waals surface area (Å²) in [5, 5.41) is 0. The van der Waals surface area contributed by atoms with Gasteiger partial charge in [-0.1, -0.05) is 30.4 Å². The number of nitrogens with zero attached hydrogens (tertiary/aromatic N) is 2. The molecule has 0 aromatic heterocycles. The van der Waals surface area contributed by atoms with Gasteiger partial charge in [-0.05, 0) is 37.3 Å². The number of aliphatic imine (C=N–C) groups is 2. The van der Waals surface area contributed by atoms with E-state index in [1.165, 1.54) is 10.6 Å². The molecule has 0 atom stereocenters. The second kappa shape index (κ2) is 9.28. The maximum Gasteiger partial charge on any atom is 0.131 e. The first-order valence-electron chi connectivity index (χ1n) is 9.15. The normalized spacial score (nSPS) is 14.8. The van der Waals surface area contributed by atoms with Crippen LogP contribution in [0.15, 0.2) is 81.3 Å². The number of fused-ring (bicyclic) bond motifs is 1. The van der Waals surface area contributed by atoms with E-state index in [0.29, 0.717) is 23.6 Å². The minimum Gasteiger partial charge on any atom is -0.397 e. The number of benzene rings is 2. The SMILES string of the molecule is C/C=C(\C/C=C\CC1=Nc2ccccc2SC1)N=C(N)c1ccc(N)c(N)c1. The van der Waals surface area contributed by atoms with Crippen LogP contribution in [-0.4, -0.2) is 17.3 Å². The summed E-state index contributed by atoms with van der Waals surface area (Å²) in [6.45, 7) is 1.95. The fraction of sp³-hybridized carbons (Fsp3) is 0.182. The Morgan fingerprint density at radius 3 is 2.75 bits per heavy atom. The second-order valence-electron chi connectivity index (χ2n) is 6.43. The van der Waals surface area contributed by atoms with Crippen LogP contribution in [0, 0.1) is 0 Å². The molecule has 1 aliphatic rings. The lowest BCUT2D eigenvalue weighted by Gasteiger charge is -2.13. The maximum absolute atomic E-state index is 6.12. The van der Waals surface area contributed by atoms with Gasteiger partial charge in [0.05, 0.1) is 17.1 Å². The third kappa shape index (κ3) is 5.04. The molecule has 0 unspecified atom stereocenters. The molecule has 0 radical (unpaired) electrons. The Balaban J connectivity index is 1.59. The summed E-state index contributed by atoms with van der Waals surface area (Å²) in [6.07, 6.45) is 7.76. The highest BCUT2D eigenvalue weighted by Crippen LogP contribution is 2.33. The number of hydrogen-bond acceptors (Lipinski definition) is 5. The Kier molecular flexibility index (Phi) is 6.55. The number of hydrogen-bond donors (Lipinski definition) is 3. The van der Waals surface area contributed by atoms with Crippen molar-refractivity contribution in [2.45, 2.75) is 24.7 Å². The first-order valence-corrected chi connectivity index (χ1v) is 10.1. The average molecular weight is 392 g/mol. The van der Waals surface area contributed by atoms with Crippen molar-refractivity contribution in [2.75, 3.05) is 17.2 Å². The third-order valence-electron chi connectivity index (χ3n) is 4.37. The monoisotopic (exact) mass is 391 g/mol. The van der Waals surface area contributed by atoms with Crippen LogP contribution in [-0.2, 0) is 0 Å². The van der Waals surface area contributed by atoms with Gasteiger partial charge in [-0.3, -0.25) is 4.99 Å². The van der Waals surface area contributed by atoms with E-state index in [2.05, 4.69) is 35.3 Å². The van der Waals surface area contributed by atoms with Crippen LogP contribution < -0.4 is 17.2 Å². The molecular formula is C22H25N5S. The molecule has 1 aliphatic heterocycles. The summed E-state index contributed by atoms with van der Waals surface area (Å²) in [6, 6.07) is 13.6.